The van der Waals surface area contributed by atoms with Gasteiger partial charge in [0.25, 0.3) is 5.91 Å². The maximum atomic E-state index is 13.3. The number of benzene rings is 1. The maximum absolute atomic E-state index is 13.3. The summed E-state index contributed by atoms with van der Waals surface area (Å²) in [4.78, 5) is 26.0. The molecule has 2 bridgehead atoms. The molecule has 0 aliphatic carbocycles. The fraction of sp³-hybridized carbons (Fsp3) is 0.476. The van der Waals surface area contributed by atoms with Gasteiger partial charge in [0, 0.05) is 49.5 Å². The van der Waals surface area contributed by atoms with Crippen molar-refractivity contribution in [1.29, 1.82) is 0 Å². The van der Waals surface area contributed by atoms with Crippen LogP contribution in [0.2, 0.25) is 0 Å². The second-order valence-corrected chi connectivity index (χ2v) is 8.36. The minimum atomic E-state index is -0.526. The first-order chi connectivity index (χ1) is 14.7. The Hall–Kier alpha value is -2.91. The highest BCUT2D eigenvalue weighted by Gasteiger charge is 2.63. The Kier molecular flexibility index (Phi) is 3.91. The average Bonchev–Trinajstić information content (AvgIpc) is 3.43. The van der Waals surface area contributed by atoms with Crippen LogP contribution in [0, 0.1) is 11.8 Å². The van der Waals surface area contributed by atoms with Crippen molar-refractivity contribution in [3.05, 3.63) is 42.2 Å². The van der Waals surface area contributed by atoms with Crippen LogP contribution in [-0.4, -0.2) is 77.2 Å². The SMILES string of the molecule is O=C(c1ccc2c(c1)OCO2)N1C[C@H]2O[C@]3(C1)CN(c1ncccn1)C[C@@H]3[C@@H]2CO. The molecule has 156 valence electrons. The topological polar surface area (TPSA) is 97.2 Å². The molecule has 3 fully saturated rings. The molecule has 0 radical (unpaired) electrons. The number of aliphatic hydroxyl groups is 1. The van der Waals surface area contributed by atoms with E-state index in [2.05, 4.69) is 14.9 Å². The normalized spacial score (nSPS) is 31.2. The summed E-state index contributed by atoms with van der Waals surface area (Å²) in [7, 11) is 0. The van der Waals surface area contributed by atoms with Gasteiger partial charge in [-0.25, -0.2) is 9.97 Å². The van der Waals surface area contributed by atoms with Gasteiger partial charge < -0.3 is 29.1 Å². The summed E-state index contributed by atoms with van der Waals surface area (Å²) in [6.45, 7) is 2.46. The van der Waals surface area contributed by atoms with Crippen LogP contribution >= 0.6 is 0 Å². The molecule has 30 heavy (non-hydrogen) atoms. The number of anilines is 1. The molecule has 1 spiro atoms. The summed E-state index contributed by atoms with van der Waals surface area (Å²) in [6, 6.07) is 7.06. The van der Waals surface area contributed by atoms with Gasteiger partial charge in [-0.15, -0.1) is 0 Å². The highest BCUT2D eigenvalue weighted by molar-refractivity contribution is 5.95. The molecule has 0 saturated carbocycles. The number of hydrogen-bond acceptors (Lipinski definition) is 8. The number of hydrogen-bond donors (Lipinski definition) is 1. The van der Waals surface area contributed by atoms with E-state index in [0.29, 0.717) is 49.2 Å². The van der Waals surface area contributed by atoms with Crippen LogP contribution < -0.4 is 14.4 Å². The molecule has 0 unspecified atom stereocenters. The monoisotopic (exact) mass is 410 g/mol. The quantitative estimate of drug-likeness (QED) is 0.783. The van der Waals surface area contributed by atoms with Crippen molar-refractivity contribution in [3.8, 4) is 11.5 Å². The molecule has 6 rings (SSSR count). The molecular formula is C21H22N4O5. The predicted molar refractivity (Wildman–Crippen MR) is 104 cm³/mol. The van der Waals surface area contributed by atoms with Gasteiger partial charge in [-0.2, -0.15) is 0 Å². The number of amides is 1. The third kappa shape index (κ3) is 2.58. The van der Waals surface area contributed by atoms with Gasteiger partial charge in [0.2, 0.25) is 12.7 Å². The average molecular weight is 410 g/mol. The number of morpholine rings is 1. The lowest BCUT2D eigenvalue weighted by atomic mass is 9.83. The Bertz CT molecular complexity index is 989. The largest absolute Gasteiger partial charge is 0.454 e. The fourth-order valence-corrected chi connectivity index (χ4v) is 5.41. The summed E-state index contributed by atoms with van der Waals surface area (Å²) in [5.74, 6) is 1.93. The van der Waals surface area contributed by atoms with E-state index in [4.69, 9.17) is 14.2 Å². The number of rotatable bonds is 3. The number of aromatic nitrogens is 2. The highest BCUT2D eigenvalue weighted by atomic mass is 16.7. The molecule has 9 heteroatoms. The van der Waals surface area contributed by atoms with Crippen LogP contribution in [0.5, 0.6) is 11.5 Å². The first kappa shape index (κ1) is 17.9. The van der Waals surface area contributed by atoms with Crippen molar-refractivity contribution >= 4 is 11.9 Å². The molecule has 1 N–H and O–H groups in total. The molecule has 4 aliphatic rings. The highest BCUT2D eigenvalue weighted by Crippen LogP contribution is 2.49. The van der Waals surface area contributed by atoms with Gasteiger partial charge in [0.1, 0.15) is 5.60 Å². The van der Waals surface area contributed by atoms with Crippen LogP contribution in [0.4, 0.5) is 5.95 Å². The molecule has 4 atom stereocenters. The van der Waals surface area contributed by atoms with Crippen LogP contribution in [0.25, 0.3) is 0 Å². The predicted octanol–water partition coefficient (Wildman–Crippen LogP) is 0.544. The number of ether oxygens (including phenoxy) is 3. The van der Waals surface area contributed by atoms with Crippen molar-refractivity contribution < 1.29 is 24.1 Å². The Morgan fingerprint density at radius 3 is 2.83 bits per heavy atom. The maximum Gasteiger partial charge on any atom is 0.254 e. The van der Waals surface area contributed by atoms with E-state index in [1.807, 2.05) is 4.90 Å². The number of likely N-dealkylation sites (tertiary alicyclic amines) is 1. The van der Waals surface area contributed by atoms with Crippen molar-refractivity contribution in [2.75, 3.05) is 44.5 Å². The Balaban J connectivity index is 1.29. The third-order valence-corrected chi connectivity index (χ3v) is 6.74. The van der Waals surface area contributed by atoms with E-state index < -0.39 is 5.60 Å². The van der Waals surface area contributed by atoms with Crippen molar-refractivity contribution in [2.45, 2.75) is 11.7 Å². The number of carbonyl (C=O) groups excluding carboxylic acids is 1. The van der Waals surface area contributed by atoms with E-state index in [9.17, 15) is 9.90 Å². The van der Waals surface area contributed by atoms with Gasteiger partial charge in [0.15, 0.2) is 11.5 Å². The molecule has 1 aromatic heterocycles. The molecule has 4 aliphatic heterocycles. The molecule has 9 nitrogen and oxygen atoms in total. The first-order valence-electron chi connectivity index (χ1n) is 10.2. The molecule has 3 saturated heterocycles. The summed E-state index contributed by atoms with van der Waals surface area (Å²) in [5.41, 5.74) is 0.0388. The second-order valence-electron chi connectivity index (χ2n) is 8.36. The molecule has 1 amide bonds. The fourth-order valence-electron chi connectivity index (χ4n) is 5.41. The minimum Gasteiger partial charge on any atom is -0.454 e. The van der Waals surface area contributed by atoms with Gasteiger partial charge >= 0.3 is 0 Å². The number of carbonyl (C=O) groups is 1. The lowest BCUT2D eigenvalue weighted by Gasteiger charge is -2.40. The second kappa shape index (κ2) is 6.55. The molecular weight excluding hydrogens is 388 g/mol. The van der Waals surface area contributed by atoms with E-state index in [-0.39, 0.29) is 37.2 Å². The van der Waals surface area contributed by atoms with Crippen LogP contribution in [0.3, 0.4) is 0 Å². The van der Waals surface area contributed by atoms with Gasteiger partial charge in [-0.3, -0.25) is 4.79 Å². The van der Waals surface area contributed by atoms with Crippen molar-refractivity contribution in [3.63, 3.8) is 0 Å². The van der Waals surface area contributed by atoms with Crippen LogP contribution in [-0.2, 0) is 4.74 Å². The lowest BCUT2D eigenvalue weighted by molar-refractivity contribution is -0.100. The van der Waals surface area contributed by atoms with E-state index in [1.165, 1.54) is 0 Å². The van der Waals surface area contributed by atoms with Gasteiger partial charge in [-0.05, 0) is 24.3 Å². The zero-order chi connectivity index (χ0) is 20.3. The first-order valence-corrected chi connectivity index (χ1v) is 10.2. The van der Waals surface area contributed by atoms with Gasteiger partial charge in [0.05, 0.1) is 19.2 Å². The Morgan fingerprint density at radius 2 is 2.00 bits per heavy atom. The minimum absolute atomic E-state index is 0.0201. The summed E-state index contributed by atoms with van der Waals surface area (Å²) in [5, 5.41) is 10.1. The molecule has 1 aromatic carbocycles. The molecule has 2 aromatic rings. The van der Waals surface area contributed by atoms with E-state index in [0.717, 1.165) is 0 Å². The number of nitrogens with zero attached hydrogens (tertiary/aromatic N) is 4. The molecule has 5 heterocycles. The third-order valence-electron chi connectivity index (χ3n) is 6.74. The van der Waals surface area contributed by atoms with Crippen LogP contribution in [0.15, 0.2) is 36.7 Å². The summed E-state index contributed by atoms with van der Waals surface area (Å²) < 4.78 is 17.2. The van der Waals surface area contributed by atoms with Gasteiger partial charge in [-0.1, -0.05) is 0 Å². The number of aliphatic hydroxyl groups excluding tert-OH is 1. The number of fused-ring (bicyclic) bond motifs is 2. The van der Waals surface area contributed by atoms with Crippen molar-refractivity contribution in [2.24, 2.45) is 11.8 Å². The summed E-state index contributed by atoms with van der Waals surface area (Å²) >= 11 is 0. The smallest absolute Gasteiger partial charge is 0.254 e. The lowest BCUT2D eigenvalue weighted by Crippen LogP contribution is -2.55. The van der Waals surface area contributed by atoms with E-state index >= 15 is 0 Å². The zero-order valence-corrected chi connectivity index (χ0v) is 16.3. The zero-order valence-electron chi connectivity index (χ0n) is 16.3. The Morgan fingerprint density at radius 1 is 1.17 bits per heavy atom. The summed E-state index contributed by atoms with van der Waals surface area (Å²) in [6.07, 6.45) is 3.26. The van der Waals surface area contributed by atoms with E-state index in [1.54, 1.807) is 36.7 Å². The van der Waals surface area contributed by atoms with Crippen molar-refractivity contribution in [1.82, 2.24) is 14.9 Å². The van der Waals surface area contributed by atoms with Crippen LogP contribution in [0.1, 0.15) is 10.4 Å². The standard InChI is InChI=1S/C21H22N4O5/c26-9-14-15-7-25(20-22-4-1-5-23-20)11-21(15)10-24(8-18(14)30-21)19(27)13-2-3-16-17(6-13)29-12-28-16/h1-6,14-15,18,26H,7-12H2/t14-,15+,18+,21+/m0/s1. The Labute approximate surface area is 173 Å².